The molecule has 609 valence electrons. The summed E-state index contributed by atoms with van der Waals surface area (Å²) in [7, 11) is 0. The van der Waals surface area contributed by atoms with Crippen LogP contribution in [0.3, 0.4) is 0 Å². The van der Waals surface area contributed by atoms with Crippen LogP contribution in [0.2, 0.25) is 0 Å². The van der Waals surface area contributed by atoms with Crippen LogP contribution < -0.4 is 4.52 Å². The third-order valence-electron chi connectivity index (χ3n) is 18.4. The molecular formula is C84H70FIr5N21O4S3-4. The SMILES string of the molecule is Cc1nc2c(-c3n[n+]4ccccc4n3-c3c(C)cccc3C)[c-]ccc2s1.Cc1nc2c(-c3nnco3)[c-]ncc2o1.Cc1nnc(-c2[c-]cc(C)c3sc(C)nc23)s1.Cc1nnc(-c2[c-]ccc3oc(F)nc23)n1-c1c(C(C)C)cccc1C(C)C.[C-]#[N+]c1nnc(-c2[c-]cnc3oc(C)nc23)n1-c1c(C)cc(C)cc1C.[Ir].[Ir].[Ir].[Ir].[Ir]. The first kappa shape index (κ1) is 90.4. The zero-order valence-electron chi connectivity index (χ0n) is 66.0. The Morgan fingerprint density at radius 3 is 1.84 bits per heavy atom. The second kappa shape index (κ2) is 38.4. The summed E-state index contributed by atoms with van der Waals surface area (Å²) >= 11 is 5.00. The molecule has 19 aromatic rings. The van der Waals surface area contributed by atoms with Crippen molar-refractivity contribution in [3.8, 4) is 73.3 Å². The summed E-state index contributed by atoms with van der Waals surface area (Å²) in [6, 6.07) is 45.3. The quantitative estimate of drug-likeness (QED) is 0.0908. The summed E-state index contributed by atoms with van der Waals surface area (Å²) in [5.41, 5.74) is 21.9. The molecule has 0 atom stereocenters. The van der Waals surface area contributed by atoms with Gasteiger partial charge in [0.15, 0.2) is 35.6 Å². The van der Waals surface area contributed by atoms with Gasteiger partial charge in [0.25, 0.3) is 0 Å². The van der Waals surface area contributed by atoms with Crippen LogP contribution in [0, 0.1) is 126 Å². The molecule has 0 aliphatic carbocycles. The molecule has 0 fully saturated rings. The Bertz CT molecular complexity index is 6780. The molecule has 0 saturated heterocycles. The number of fused-ring (bicyclic) bond motifs is 6. The molecule has 0 saturated carbocycles. The van der Waals surface area contributed by atoms with Crippen molar-refractivity contribution in [1.29, 1.82) is 0 Å². The first-order valence-corrected chi connectivity index (χ1v) is 38.3. The van der Waals surface area contributed by atoms with E-state index in [0.29, 0.717) is 91.3 Å². The fraction of sp³-hybridized carbons (Fsp3) is 0.214. The second-order valence-electron chi connectivity index (χ2n) is 27.2. The van der Waals surface area contributed by atoms with E-state index in [1.165, 1.54) is 45.1 Å². The first-order valence-electron chi connectivity index (χ1n) is 35.8. The van der Waals surface area contributed by atoms with Gasteiger partial charge >= 0.3 is 17.7 Å². The average molecular weight is 2510 g/mol. The van der Waals surface area contributed by atoms with E-state index in [0.717, 1.165) is 97.9 Å². The minimum absolute atomic E-state index is 0. The summed E-state index contributed by atoms with van der Waals surface area (Å²) in [5, 5.41) is 41.5. The van der Waals surface area contributed by atoms with Gasteiger partial charge in [-0.05, 0) is 152 Å². The van der Waals surface area contributed by atoms with Crippen LogP contribution in [0.4, 0.5) is 10.3 Å². The van der Waals surface area contributed by atoms with Gasteiger partial charge in [0, 0.05) is 154 Å². The monoisotopic (exact) mass is 2520 g/mol. The van der Waals surface area contributed by atoms with Crippen molar-refractivity contribution >= 4 is 99.5 Å². The molecule has 0 spiro atoms. The van der Waals surface area contributed by atoms with Crippen LogP contribution in [0.25, 0.3) is 138 Å². The number of pyridine rings is 3. The molecule has 118 heavy (non-hydrogen) atoms. The Balaban J connectivity index is 0.000000156. The zero-order chi connectivity index (χ0) is 79.2. The second-order valence-corrected chi connectivity index (χ2v) is 30.9. The number of halogens is 1. The molecule has 19 rings (SSSR count). The number of benzene rings is 6. The van der Waals surface area contributed by atoms with Crippen molar-refractivity contribution in [2.75, 3.05) is 0 Å². The number of aromatic nitrogens is 20. The van der Waals surface area contributed by atoms with E-state index in [4.69, 9.17) is 34.3 Å². The van der Waals surface area contributed by atoms with Crippen LogP contribution >= 0.6 is 34.0 Å². The molecule has 0 unspecified atom stereocenters. The molecule has 0 N–H and O–H groups in total. The number of thiazole rings is 2. The summed E-state index contributed by atoms with van der Waals surface area (Å²) < 4.78 is 44.9. The van der Waals surface area contributed by atoms with E-state index >= 15 is 0 Å². The van der Waals surface area contributed by atoms with Gasteiger partial charge in [0.1, 0.15) is 28.5 Å². The Hall–Kier alpha value is -9.92. The zero-order valence-corrected chi connectivity index (χ0v) is 80.4. The largest absolute Gasteiger partial charge is 0.470 e. The van der Waals surface area contributed by atoms with Gasteiger partial charge in [-0.2, -0.15) is 20.4 Å². The molecule has 0 aliphatic heterocycles. The molecule has 6 aromatic carbocycles. The topological polar surface area (TPSA) is 282 Å². The van der Waals surface area contributed by atoms with Gasteiger partial charge in [-0.3, -0.25) is 24.5 Å². The van der Waals surface area contributed by atoms with Gasteiger partial charge < -0.3 is 32.1 Å². The van der Waals surface area contributed by atoms with Crippen molar-refractivity contribution in [2.24, 2.45) is 0 Å². The predicted molar refractivity (Wildman–Crippen MR) is 431 cm³/mol. The first-order chi connectivity index (χ1) is 54.5. The van der Waals surface area contributed by atoms with E-state index < -0.39 is 6.14 Å². The smallest absolute Gasteiger partial charge is 0.371 e. The standard InChI is InChI=1S/C22H22FN4O.C22H18N4S.C19H15N6O.C12H10N3S2.C9H5N4O2.5Ir/c1-12(2)15-8-6-9-16(13(3)4)20(15)27-14(5)25-26-21(27)17-10-7-11-18-19(17)24-22(23)28-18;1-14-8-6-9-15(2)21(14)26-19-12-4-5-13-25(19)24-22(26)17-10-7-11-18-20(17)23-16(3)27-18;1-10-8-11(2)16(12(3)9-10)25-17(23-24-19(25)20-5)14-6-7-21-18-15(14)22-13(4)26-18;1-6-4-5-9(12-15-14-8(3)17-12)10-11(6)16-7(2)13-10;1-5-12-8-6(9-13-11-4-14-9)2-10-3-7(8)15-5;;;;;/h6-9,11-13H,1-5H3;4-9,11-13H,1-3H3;7-9H,1-4H3;4H,1-3H3;3-4H,1H3;;;;;/q-1;;3*-1;;;;;. The van der Waals surface area contributed by atoms with Gasteiger partial charge in [0.05, 0.1) is 37.7 Å². The normalized spacial score (nSPS) is 10.9. The minimum atomic E-state index is -0.871. The van der Waals surface area contributed by atoms with Crippen LogP contribution in [0.1, 0.15) is 117 Å². The molecule has 34 heteroatoms. The molecule has 13 heterocycles. The van der Waals surface area contributed by atoms with Crippen LogP contribution in [0.5, 0.6) is 0 Å². The number of aryl methyl sites for hydroxylation is 12. The van der Waals surface area contributed by atoms with Gasteiger partial charge in [-0.25, -0.2) is 14.5 Å². The number of rotatable bonds is 10. The maximum Gasteiger partial charge on any atom is 0.371 e. The average Bonchev–Trinajstić information content (AvgIpc) is 1.44. The van der Waals surface area contributed by atoms with E-state index in [1.54, 1.807) is 70.8 Å². The fourth-order valence-corrected chi connectivity index (χ4v) is 16.1. The van der Waals surface area contributed by atoms with E-state index in [9.17, 15) is 4.39 Å². The maximum atomic E-state index is 13.7. The summed E-state index contributed by atoms with van der Waals surface area (Å²) in [6.45, 7) is 40.1. The van der Waals surface area contributed by atoms with Crippen LogP contribution in [-0.4, -0.2) is 94.5 Å². The molecule has 25 nitrogen and oxygen atoms in total. The van der Waals surface area contributed by atoms with Gasteiger partial charge in [0.2, 0.25) is 0 Å². The Kier molecular flexibility index (Phi) is 29.4. The maximum absolute atomic E-state index is 13.7. The Morgan fingerprint density at radius 1 is 0.517 bits per heavy atom. The molecule has 0 aliphatic rings. The molecule has 0 bridgehead atoms. The van der Waals surface area contributed by atoms with Gasteiger partial charge in [-0.15, -0.1) is 124 Å². The van der Waals surface area contributed by atoms with E-state index in [2.05, 4.69) is 220 Å². The van der Waals surface area contributed by atoms with Crippen molar-refractivity contribution in [2.45, 2.75) is 123 Å². The van der Waals surface area contributed by atoms with Gasteiger partial charge in [-0.1, -0.05) is 123 Å². The summed E-state index contributed by atoms with van der Waals surface area (Å²) in [6.07, 6.45) is 8.19. The van der Waals surface area contributed by atoms with Crippen LogP contribution in [0.15, 0.2) is 140 Å². The van der Waals surface area contributed by atoms with Crippen molar-refractivity contribution in [3.05, 3.63) is 247 Å². The summed E-state index contributed by atoms with van der Waals surface area (Å²) in [4.78, 5) is 33.5. The van der Waals surface area contributed by atoms with Crippen molar-refractivity contribution < 1.29 is 127 Å². The number of nitrogens with zero attached hydrogens (tertiary/aromatic N) is 21. The van der Waals surface area contributed by atoms with Crippen molar-refractivity contribution in [3.63, 3.8) is 0 Å². The number of oxazole rings is 3. The Labute approximate surface area is 756 Å². The summed E-state index contributed by atoms with van der Waals surface area (Å²) in [5.74, 6) is 4.89. The van der Waals surface area contributed by atoms with Crippen LogP contribution in [-0.2, 0) is 101 Å². The fourth-order valence-electron chi connectivity index (χ4n) is 13.6. The third-order valence-corrected chi connectivity index (χ3v) is 21.3. The Morgan fingerprint density at radius 2 is 1.15 bits per heavy atom. The van der Waals surface area contributed by atoms with E-state index in [-0.39, 0.29) is 106 Å². The number of hydrogen-bond acceptors (Lipinski definition) is 23. The molecular weight excluding hydrogens is 2440 g/mol. The molecule has 0 amide bonds. The van der Waals surface area contributed by atoms with Crippen molar-refractivity contribution in [1.82, 2.24) is 94.5 Å². The predicted octanol–water partition coefficient (Wildman–Crippen LogP) is 19.1. The van der Waals surface area contributed by atoms with E-state index in [1.807, 2.05) is 88.0 Å². The molecule has 5 radical (unpaired) electrons. The minimum Gasteiger partial charge on any atom is -0.470 e. The number of para-hydroxylation sites is 2. The third kappa shape index (κ3) is 18.1. The molecule has 13 aromatic heterocycles. The number of hydrogen-bond donors (Lipinski definition) is 0.